The third-order valence-electron chi connectivity index (χ3n) is 1.98. The van der Waals surface area contributed by atoms with E-state index in [9.17, 15) is 0 Å². The zero-order valence-electron chi connectivity index (χ0n) is 8.09. The molecule has 0 fully saturated rings. The molecule has 0 aliphatic carbocycles. The fraction of sp³-hybridized carbons (Fsp3) is 0.455. The predicted octanol–water partition coefficient (Wildman–Crippen LogP) is 3.94. The van der Waals surface area contributed by atoms with Crippen LogP contribution in [0.2, 0.25) is 0 Å². The van der Waals surface area contributed by atoms with E-state index in [1.807, 2.05) is 6.92 Å². The van der Waals surface area contributed by atoms with Crippen LogP contribution in [0.3, 0.4) is 0 Å². The molecule has 1 nitrogen and oxygen atoms in total. The summed E-state index contributed by atoms with van der Waals surface area (Å²) < 4.78 is 6.72. The van der Waals surface area contributed by atoms with Gasteiger partial charge >= 0.3 is 0 Å². The van der Waals surface area contributed by atoms with Gasteiger partial charge in [0.05, 0.1) is 6.10 Å². The summed E-state index contributed by atoms with van der Waals surface area (Å²) in [5.41, 5.74) is 1.26. The van der Waals surface area contributed by atoms with Crippen LogP contribution in [0.25, 0.3) is 0 Å². The average Bonchev–Trinajstić information content (AvgIpc) is 2.16. The zero-order valence-corrected chi connectivity index (χ0v) is 9.67. The Bertz CT molecular complexity index is 243. The molecule has 0 saturated heterocycles. The van der Waals surface area contributed by atoms with Crippen LogP contribution < -0.4 is 0 Å². The smallest absolute Gasteiger partial charge is 0.0822 e. The van der Waals surface area contributed by atoms with E-state index in [1.54, 1.807) is 0 Å². The van der Waals surface area contributed by atoms with Crippen LogP contribution in [0.15, 0.2) is 28.7 Å². The lowest BCUT2D eigenvalue weighted by Crippen LogP contribution is -2.02. The maximum Gasteiger partial charge on any atom is 0.0822 e. The Kier molecular flexibility index (Phi) is 4.46. The minimum absolute atomic E-state index is 0.248. The number of hydrogen-bond acceptors (Lipinski definition) is 1. The summed E-state index contributed by atoms with van der Waals surface area (Å²) in [6, 6.07) is 8.32. The molecule has 72 valence electrons. The molecule has 1 aromatic carbocycles. The van der Waals surface area contributed by atoms with Crippen molar-refractivity contribution in [3.05, 3.63) is 34.3 Å². The van der Waals surface area contributed by atoms with Crippen LogP contribution in [0.1, 0.15) is 31.9 Å². The van der Waals surface area contributed by atoms with Gasteiger partial charge in [-0.1, -0.05) is 35.0 Å². The topological polar surface area (TPSA) is 9.23 Å². The molecular weight excluding hydrogens is 228 g/mol. The van der Waals surface area contributed by atoms with E-state index >= 15 is 0 Å². The van der Waals surface area contributed by atoms with Gasteiger partial charge in [-0.3, -0.25) is 0 Å². The van der Waals surface area contributed by atoms with Crippen molar-refractivity contribution < 1.29 is 4.74 Å². The molecule has 0 amide bonds. The second-order valence-corrected chi connectivity index (χ2v) is 3.82. The van der Waals surface area contributed by atoms with Crippen molar-refractivity contribution in [1.29, 1.82) is 0 Å². The highest BCUT2D eigenvalue weighted by molar-refractivity contribution is 9.10. The van der Waals surface area contributed by atoms with Crippen LogP contribution in [-0.2, 0) is 4.74 Å². The van der Waals surface area contributed by atoms with E-state index in [0.717, 1.165) is 17.5 Å². The van der Waals surface area contributed by atoms with Gasteiger partial charge in [0.2, 0.25) is 0 Å². The molecule has 0 bridgehead atoms. The molecule has 1 aromatic rings. The molecule has 0 spiro atoms. The first-order valence-corrected chi connectivity index (χ1v) is 5.44. The zero-order chi connectivity index (χ0) is 9.68. The monoisotopic (exact) mass is 242 g/mol. The molecule has 0 aliphatic rings. The van der Waals surface area contributed by atoms with E-state index in [4.69, 9.17) is 4.74 Å². The van der Waals surface area contributed by atoms with E-state index in [1.165, 1.54) is 5.56 Å². The van der Waals surface area contributed by atoms with Gasteiger partial charge in [-0.2, -0.15) is 0 Å². The highest BCUT2D eigenvalue weighted by atomic mass is 79.9. The van der Waals surface area contributed by atoms with Crippen LogP contribution in [0.5, 0.6) is 0 Å². The predicted molar refractivity (Wildman–Crippen MR) is 58.8 cm³/mol. The molecule has 0 unspecified atom stereocenters. The third kappa shape index (κ3) is 3.12. The van der Waals surface area contributed by atoms with Gasteiger partial charge in [0.1, 0.15) is 0 Å². The van der Waals surface area contributed by atoms with Gasteiger partial charge in [-0.05, 0) is 31.0 Å². The minimum atomic E-state index is 0.248. The first-order chi connectivity index (χ1) is 6.27. The Morgan fingerprint density at radius 3 is 2.31 bits per heavy atom. The standard InChI is InChI=1S/C11H15BrO/c1-3-11(13-4-2)9-5-7-10(12)8-6-9/h5-8,11H,3-4H2,1-2H3/t11-/m1/s1. The van der Waals surface area contributed by atoms with Gasteiger partial charge in [0.15, 0.2) is 0 Å². The maximum absolute atomic E-state index is 5.60. The molecule has 2 heteroatoms. The van der Waals surface area contributed by atoms with Crippen molar-refractivity contribution in [2.45, 2.75) is 26.4 Å². The first-order valence-electron chi connectivity index (χ1n) is 4.65. The summed E-state index contributed by atoms with van der Waals surface area (Å²) in [4.78, 5) is 0. The SMILES string of the molecule is CCO[C@H](CC)c1ccc(Br)cc1. The summed E-state index contributed by atoms with van der Waals surface area (Å²) in [6.45, 7) is 4.94. The van der Waals surface area contributed by atoms with Crippen LogP contribution in [0.4, 0.5) is 0 Å². The quantitative estimate of drug-likeness (QED) is 0.778. The number of halogens is 1. The van der Waals surface area contributed by atoms with Crippen molar-refractivity contribution in [2.75, 3.05) is 6.61 Å². The van der Waals surface area contributed by atoms with Gasteiger partial charge in [0.25, 0.3) is 0 Å². The van der Waals surface area contributed by atoms with Gasteiger partial charge < -0.3 is 4.74 Å². The Morgan fingerprint density at radius 2 is 1.85 bits per heavy atom. The molecular formula is C11H15BrO. The molecule has 0 N–H and O–H groups in total. The second kappa shape index (κ2) is 5.40. The lowest BCUT2D eigenvalue weighted by atomic mass is 10.1. The molecule has 0 saturated carbocycles. The minimum Gasteiger partial charge on any atom is -0.374 e. The second-order valence-electron chi connectivity index (χ2n) is 2.90. The third-order valence-corrected chi connectivity index (χ3v) is 2.51. The average molecular weight is 243 g/mol. The highest BCUT2D eigenvalue weighted by Crippen LogP contribution is 2.22. The summed E-state index contributed by atoms with van der Waals surface area (Å²) in [6.07, 6.45) is 1.27. The van der Waals surface area contributed by atoms with E-state index < -0.39 is 0 Å². The van der Waals surface area contributed by atoms with Crippen molar-refractivity contribution in [2.24, 2.45) is 0 Å². The number of rotatable bonds is 4. The van der Waals surface area contributed by atoms with Crippen LogP contribution in [-0.4, -0.2) is 6.61 Å². The Hall–Kier alpha value is -0.340. The molecule has 1 atom stereocenters. The van der Waals surface area contributed by atoms with Crippen molar-refractivity contribution >= 4 is 15.9 Å². The lowest BCUT2D eigenvalue weighted by molar-refractivity contribution is 0.0598. The van der Waals surface area contributed by atoms with E-state index in [-0.39, 0.29) is 6.10 Å². The van der Waals surface area contributed by atoms with Crippen LogP contribution >= 0.6 is 15.9 Å². The molecule has 1 rings (SSSR count). The molecule has 0 heterocycles. The Balaban J connectivity index is 2.73. The molecule has 0 aliphatic heterocycles. The Labute approximate surface area is 88.2 Å². The van der Waals surface area contributed by atoms with Crippen molar-refractivity contribution in [3.63, 3.8) is 0 Å². The summed E-state index contributed by atoms with van der Waals surface area (Å²) in [5, 5.41) is 0. The largest absolute Gasteiger partial charge is 0.374 e. The summed E-state index contributed by atoms with van der Waals surface area (Å²) in [7, 11) is 0. The fourth-order valence-corrected chi connectivity index (χ4v) is 1.59. The number of ether oxygens (including phenoxy) is 1. The Morgan fingerprint density at radius 1 is 1.23 bits per heavy atom. The van der Waals surface area contributed by atoms with Gasteiger partial charge in [-0.15, -0.1) is 0 Å². The maximum atomic E-state index is 5.60. The number of hydrogen-bond donors (Lipinski definition) is 0. The lowest BCUT2D eigenvalue weighted by Gasteiger charge is -2.15. The summed E-state index contributed by atoms with van der Waals surface area (Å²) in [5.74, 6) is 0. The van der Waals surface area contributed by atoms with Crippen molar-refractivity contribution in [1.82, 2.24) is 0 Å². The van der Waals surface area contributed by atoms with E-state index in [2.05, 4.69) is 47.1 Å². The molecule has 0 radical (unpaired) electrons. The fourth-order valence-electron chi connectivity index (χ4n) is 1.33. The van der Waals surface area contributed by atoms with Crippen molar-refractivity contribution in [3.8, 4) is 0 Å². The molecule has 13 heavy (non-hydrogen) atoms. The van der Waals surface area contributed by atoms with Gasteiger partial charge in [0, 0.05) is 11.1 Å². The van der Waals surface area contributed by atoms with Gasteiger partial charge in [-0.25, -0.2) is 0 Å². The summed E-state index contributed by atoms with van der Waals surface area (Å²) >= 11 is 3.41. The molecule has 0 aromatic heterocycles. The normalized spacial score (nSPS) is 12.8. The van der Waals surface area contributed by atoms with Crippen LogP contribution in [0, 0.1) is 0 Å². The highest BCUT2D eigenvalue weighted by Gasteiger charge is 2.07. The van der Waals surface area contributed by atoms with E-state index in [0.29, 0.717) is 0 Å². The number of benzene rings is 1. The first kappa shape index (κ1) is 10.7.